The second-order valence-electron chi connectivity index (χ2n) is 4.09. The molecule has 2 unspecified atom stereocenters. The zero-order valence-corrected chi connectivity index (χ0v) is 8.75. The van der Waals surface area contributed by atoms with Crippen molar-refractivity contribution in [1.82, 2.24) is 10.3 Å². The molecule has 0 aliphatic carbocycles. The Morgan fingerprint density at radius 3 is 3.07 bits per heavy atom. The lowest BCUT2D eigenvalue weighted by atomic mass is 9.95. The number of hydrogen-bond acceptors (Lipinski definition) is 3. The molecule has 2 rings (SSSR count). The van der Waals surface area contributed by atoms with Crippen LogP contribution in [-0.2, 0) is 13.0 Å². The molecule has 3 nitrogen and oxygen atoms in total. The van der Waals surface area contributed by atoms with Crippen molar-refractivity contribution >= 4 is 0 Å². The number of nitrogens with one attached hydrogen (secondary N) is 1. The van der Waals surface area contributed by atoms with E-state index in [0.717, 1.165) is 12.0 Å². The first-order chi connectivity index (χ1) is 6.70. The fourth-order valence-corrected chi connectivity index (χ4v) is 2.13. The maximum Gasteiger partial charge on any atom is 0.0603 e. The van der Waals surface area contributed by atoms with E-state index in [2.05, 4.69) is 30.2 Å². The molecule has 2 heterocycles. The Balaban J connectivity index is 2.39. The van der Waals surface area contributed by atoms with Gasteiger partial charge < -0.3 is 11.1 Å². The molecule has 1 aliphatic rings. The highest BCUT2D eigenvalue weighted by Crippen LogP contribution is 2.23. The van der Waals surface area contributed by atoms with E-state index in [1.54, 1.807) is 0 Å². The Kier molecular flexibility index (Phi) is 2.52. The maximum absolute atomic E-state index is 5.60. The summed E-state index contributed by atoms with van der Waals surface area (Å²) < 4.78 is 0. The lowest BCUT2D eigenvalue weighted by Crippen LogP contribution is -2.36. The average molecular weight is 191 g/mol. The minimum Gasteiger partial charge on any atom is -0.326 e. The van der Waals surface area contributed by atoms with Gasteiger partial charge in [-0.1, -0.05) is 6.07 Å². The summed E-state index contributed by atoms with van der Waals surface area (Å²) in [6.07, 6.45) is 2.94. The van der Waals surface area contributed by atoms with Crippen molar-refractivity contribution in [2.75, 3.05) is 0 Å². The number of nitrogens with zero attached hydrogens (tertiary/aromatic N) is 1. The second-order valence-corrected chi connectivity index (χ2v) is 4.09. The summed E-state index contributed by atoms with van der Waals surface area (Å²) in [7, 11) is 0. The van der Waals surface area contributed by atoms with E-state index in [9.17, 15) is 0 Å². The van der Waals surface area contributed by atoms with Gasteiger partial charge in [0.2, 0.25) is 0 Å². The van der Waals surface area contributed by atoms with Crippen LogP contribution >= 0.6 is 0 Å². The van der Waals surface area contributed by atoms with Gasteiger partial charge in [0, 0.05) is 24.8 Å². The molecule has 2 atom stereocenters. The van der Waals surface area contributed by atoms with Gasteiger partial charge in [-0.25, -0.2) is 0 Å². The quantitative estimate of drug-likeness (QED) is 0.699. The average Bonchev–Trinajstić information content (AvgIpc) is 2.16. The summed E-state index contributed by atoms with van der Waals surface area (Å²) in [5, 5.41) is 3.48. The summed E-state index contributed by atoms with van der Waals surface area (Å²) in [6, 6.07) is 3.09. The van der Waals surface area contributed by atoms with Gasteiger partial charge in [-0.05, 0) is 31.4 Å². The van der Waals surface area contributed by atoms with Crippen LogP contribution in [0.5, 0.6) is 0 Å². The lowest BCUT2D eigenvalue weighted by molar-refractivity contribution is 0.435. The standard InChI is InChI=1S/C11H17N3/c1-7-3-10-4-9(5-12)6-13-11(10)8(2)14-7/h4,6-8,14H,3,5,12H2,1-2H3. The first kappa shape index (κ1) is 9.62. The summed E-state index contributed by atoms with van der Waals surface area (Å²) >= 11 is 0. The molecule has 1 aromatic rings. The SMILES string of the molecule is CC1Cc2cc(CN)cnc2C(C)N1. The molecular formula is C11H17N3. The summed E-state index contributed by atoms with van der Waals surface area (Å²) in [5.74, 6) is 0. The molecule has 0 spiro atoms. The Morgan fingerprint density at radius 1 is 1.57 bits per heavy atom. The van der Waals surface area contributed by atoms with Crippen LogP contribution in [0.4, 0.5) is 0 Å². The van der Waals surface area contributed by atoms with E-state index in [0.29, 0.717) is 18.6 Å². The minimum atomic E-state index is 0.362. The van der Waals surface area contributed by atoms with Gasteiger partial charge in [-0.2, -0.15) is 0 Å². The second kappa shape index (κ2) is 3.67. The van der Waals surface area contributed by atoms with Crippen LogP contribution in [-0.4, -0.2) is 11.0 Å². The molecule has 0 saturated carbocycles. The van der Waals surface area contributed by atoms with Gasteiger partial charge in [0.05, 0.1) is 5.69 Å². The third kappa shape index (κ3) is 1.65. The van der Waals surface area contributed by atoms with Crippen molar-refractivity contribution in [3.8, 4) is 0 Å². The fraction of sp³-hybridized carbons (Fsp3) is 0.545. The minimum absolute atomic E-state index is 0.362. The van der Waals surface area contributed by atoms with Crippen LogP contribution < -0.4 is 11.1 Å². The zero-order chi connectivity index (χ0) is 10.1. The number of nitrogens with two attached hydrogens (primary N) is 1. The molecule has 1 aromatic heterocycles. The van der Waals surface area contributed by atoms with Crippen molar-refractivity contribution in [2.24, 2.45) is 5.73 Å². The van der Waals surface area contributed by atoms with Gasteiger partial charge in [0.1, 0.15) is 0 Å². The normalized spacial score (nSPS) is 25.9. The Bertz CT molecular complexity index is 335. The van der Waals surface area contributed by atoms with Crippen LogP contribution in [0.25, 0.3) is 0 Å². The molecule has 0 amide bonds. The van der Waals surface area contributed by atoms with E-state index in [-0.39, 0.29) is 0 Å². The van der Waals surface area contributed by atoms with E-state index >= 15 is 0 Å². The Labute approximate surface area is 84.7 Å². The van der Waals surface area contributed by atoms with E-state index < -0.39 is 0 Å². The predicted molar refractivity (Wildman–Crippen MR) is 56.8 cm³/mol. The third-order valence-corrected chi connectivity index (χ3v) is 2.76. The van der Waals surface area contributed by atoms with Crippen LogP contribution in [0.15, 0.2) is 12.3 Å². The molecule has 0 bridgehead atoms. The smallest absolute Gasteiger partial charge is 0.0603 e. The van der Waals surface area contributed by atoms with Crippen LogP contribution in [0.2, 0.25) is 0 Å². The van der Waals surface area contributed by atoms with Crippen molar-refractivity contribution in [1.29, 1.82) is 0 Å². The largest absolute Gasteiger partial charge is 0.326 e. The zero-order valence-electron chi connectivity index (χ0n) is 8.75. The third-order valence-electron chi connectivity index (χ3n) is 2.76. The van der Waals surface area contributed by atoms with Crippen molar-refractivity contribution in [2.45, 2.75) is 38.9 Å². The van der Waals surface area contributed by atoms with Crippen molar-refractivity contribution in [3.05, 3.63) is 29.1 Å². The topological polar surface area (TPSA) is 50.9 Å². The van der Waals surface area contributed by atoms with E-state index in [4.69, 9.17) is 5.73 Å². The molecule has 0 radical (unpaired) electrons. The van der Waals surface area contributed by atoms with E-state index in [1.165, 1.54) is 11.3 Å². The Morgan fingerprint density at radius 2 is 2.36 bits per heavy atom. The molecule has 3 N–H and O–H groups in total. The number of hydrogen-bond donors (Lipinski definition) is 2. The predicted octanol–water partition coefficient (Wildman–Crippen LogP) is 1.14. The number of pyridine rings is 1. The molecule has 0 saturated heterocycles. The van der Waals surface area contributed by atoms with Gasteiger partial charge in [-0.3, -0.25) is 4.98 Å². The first-order valence-corrected chi connectivity index (χ1v) is 5.14. The molecule has 1 aliphatic heterocycles. The number of aromatic nitrogens is 1. The molecule has 0 aromatic carbocycles. The highest BCUT2D eigenvalue weighted by Gasteiger charge is 2.21. The van der Waals surface area contributed by atoms with Gasteiger partial charge in [-0.15, -0.1) is 0 Å². The first-order valence-electron chi connectivity index (χ1n) is 5.14. The highest BCUT2D eigenvalue weighted by atomic mass is 15.0. The maximum atomic E-state index is 5.60. The van der Waals surface area contributed by atoms with Crippen LogP contribution in [0.3, 0.4) is 0 Å². The fourth-order valence-electron chi connectivity index (χ4n) is 2.13. The van der Waals surface area contributed by atoms with Crippen molar-refractivity contribution < 1.29 is 0 Å². The molecule has 14 heavy (non-hydrogen) atoms. The molecular weight excluding hydrogens is 174 g/mol. The Hall–Kier alpha value is -0.930. The number of rotatable bonds is 1. The monoisotopic (exact) mass is 191 g/mol. The molecule has 3 heteroatoms. The van der Waals surface area contributed by atoms with Gasteiger partial charge in [0.25, 0.3) is 0 Å². The van der Waals surface area contributed by atoms with E-state index in [1.807, 2.05) is 6.20 Å². The summed E-state index contributed by atoms with van der Waals surface area (Å²) in [5.41, 5.74) is 9.26. The number of fused-ring (bicyclic) bond motifs is 1. The molecule has 76 valence electrons. The lowest BCUT2D eigenvalue weighted by Gasteiger charge is -2.28. The van der Waals surface area contributed by atoms with Crippen LogP contribution in [0.1, 0.15) is 36.7 Å². The van der Waals surface area contributed by atoms with Crippen molar-refractivity contribution in [3.63, 3.8) is 0 Å². The van der Waals surface area contributed by atoms with Gasteiger partial charge in [0.15, 0.2) is 0 Å². The molecule has 0 fully saturated rings. The van der Waals surface area contributed by atoms with Gasteiger partial charge >= 0.3 is 0 Å². The van der Waals surface area contributed by atoms with Crippen LogP contribution in [0, 0.1) is 0 Å². The summed E-state index contributed by atoms with van der Waals surface area (Å²) in [6.45, 7) is 4.94. The highest BCUT2D eigenvalue weighted by molar-refractivity contribution is 5.30. The summed E-state index contributed by atoms with van der Waals surface area (Å²) in [4.78, 5) is 4.46.